The van der Waals surface area contributed by atoms with Gasteiger partial charge in [-0.3, -0.25) is 4.79 Å². The number of halogens is 1. The zero-order valence-electron chi connectivity index (χ0n) is 17.5. The van der Waals surface area contributed by atoms with Gasteiger partial charge in [-0.25, -0.2) is 0 Å². The molecule has 2 aromatic rings. The third kappa shape index (κ3) is 3.46. The smallest absolute Gasteiger partial charge is 0.231 e. The Morgan fingerprint density at radius 1 is 1.07 bits per heavy atom. The van der Waals surface area contributed by atoms with Crippen molar-refractivity contribution in [3.63, 3.8) is 0 Å². The molecule has 2 aromatic carbocycles. The molecule has 3 aliphatic rings. The van der Waals surface area contributed by atoms with Crippen molar-refractivity contribution < 1.29 is 9.53 Å². The Labute approximate surface area is 187 Å². The summed E-state index contributed by atoms with van der Waals surface area (Å²) in [6.07, 6.45) is 5.79. The van der Waals surface area contributed by atoms with Gasteiger partial charge in [-0.05, 0) is 56.5 Å². The van der Waals surface area contributed by atoms with Crippen LogP contribution in [0.3, 0.4) is 0 Å². The largest absolute Gasteiger partial charge is 0.487 e. The third-order valence-electron chi connectivity index (χ3n) is 7.44. The summed E-state index contributed by atoms with van der Waals surface area (Å²) in [5, 5.41) is 3.47. The van der Waals surface area contributed by atoms with Crippen LogP contribution in [0, 0.1) is 0 Å². The Morgan fingerprint density at radius 3 is 2.43 bits per heavy atom. The molecule has 2 heterocycles. The predicted molar refractivity (Wildman–Crippen MR) is 122 cm³/mol. The Kier molecular flexibility index (Phi) is 5.14. The van der Waals surface area contributed by atoms with Crippen molar-refractivity contribution in [2.45, 2.75) is 55.6 Å². The van der Waals surface area contributed by atoms with Crippen LogP contribution in [-0.4, -0.2) is 36.5 Å². The molecular weight excluding hydrogens is 440 g/mol. The molecule has 1 aliphatic carbocycles. The summed E-state index contributed by atoms with van der Waals surface area (Å²) in [7, 11) is 2.17. The molecule has 5 rings (SSSR count). The highest BCUT2D eigenvalue weighted by Gasteiger charge is 2.48. The molecule has 1 unspecified atom stereocenters. The summed E-state index contributed by atoms with van der Waals surface area (Å²) in [5.74, 6) is 1.10. The number of benzene rings is 2. The van der Waals surface area contributed by atoms with Crippen LogP contribution in [-0.2, 0) is 10.2 Å². The van der Waals surface area contributed by atoms with E-state index in [1.807, 2.05) is 24.3 Å². The summed E-state index contributed by atoms with van der Waals surface area (Å²) < 4.78 is 7.61. The highest BCUT2D eigenvalue weighted by molar-refractivity contribution is 9.10. The van der Waals surface area contributed by atoms with Gasteiger partial charge in [-0.1, -0.05) is 52.7 Å². The molecular formula is C25H29BrN2O2. The number of ether oxygens (including phenoxy) is 1. The van der Waals surface area contributed by atoms with Gasteiger partial charge >= 0.3 is 0 Å². The molecule has 2 aliphatic heterocycles. The second-order valence-electron chi connectivity index (χ2n) is 9.30. The molecule has 0 aromatic heterocycles. The van der Waals surface area contributed by atoms with E-state index in [-0.39, 0.29) is 17.6 Å². The standard InChI is InChI=1S/C25H29BrN2O2/c1-28-15-13-24(14-16-28)17-21(20-5-2-3-6-22(20)30-24)27-23(29)25(11-4-12-25)18-7-9-19(26)10-8-18/h2-3,5-10,21H,4,11-17H2,1H3,(H,27,29). The molecule has 5 heteroatoms. The number of amides is 1. The normalized spacial score (nSPS) is 24.4. The molecule has 1 saturated heterocycles. The minimum atomic E-state index is -0.395. The number of carbonyl (C=O) groups excluding carboxylic acids is 1. The van der Waals surface area contributed by atoms with Crippen LogP contribution in [0.1, 0.15) is 55.7 Å². The molecule has 0 radical (unpaired) electrons. The molecule has 30 heavy (non-hydrogen) atoms. The van der Waals surface area contributed by atoms with Gasteiger partial charge in [0.2, 0.25) is 5.91 Å². The number of carbonyl (C=O) groups is 1. The predicted octanol–water partition coefficient (Wildman–Crippen LogP) is 4.98. The monoisotopic (exact) mass is 468 g/mol. The Morgan fingerprint density at radius 2 is 1.77 bits per heavy atom. The maximum absolute atomic E-state index is 13.7. The van der Waals surface area contributed by atoms with Gasteiger partial charge in [0.1, 0.15) is 11.4 Å². The number of rotatable bonds is 3. The van der Waals surface area contributed by atoms with Crippen molar-refractivity contribution in [2.24, 2.45) is 0 Å². The van der Waals surface area contributed by atoms with Crippen molar-refractivity contribution >= 4 is 21.8 Å². The van der Waals surface area contributed by atoms with Crippen LogP contribution in [0.5, 0.6) is 5.75 Å². The number of nitrogens with one attached hydrogen (secondary N) is 1. The molecule has 1 saturated carbocycles. The fourth-order valence-electron chi connectivity index (χ4n) is 5.32. The maximum atomic E-state index is 13.7. The highest BCUT2D eigenvalue weighted by Crippen LogP contribution is 2.47. The number of para-hydroxylation sites is 1. The maximum Gasteiger partial charge on any atom is 0.231 e. The average molecular weight is 469 g/mol. The lowest BCUT2D eigenvalue weighted by molar-refractivity contribution is -0.131. The molecule has 1 amide bonds. The number of likely N-dealkylation sites (tertiary alicyclic amines) is 1. The molecule has 158 valence electrons. The summed E-state index contributed by atoms with van der Waals surface area (Å²) in [4.78, 5) is 16.0. The van der Waals surface area contributed by atoms with Crippen LogP contribution >= 0.6 is 15.9 Å². The second kappa shape index (κ2) is 7.69. The number of fused-ring (bicyclic) bond motifs is 1. The number of nitrogens with zero attached hydrogens (tertiary/aromatic N) is 1. The molecule has 1 spiro atoms. The number of hydrogen-bond acceptors (Lipinski definition) is 3. The number of piperidine rings is 1. The first kappa shape index (κ1) is 20.1. The zero-order valence-corrected chi connectivity index (χ0v) is 19.1. The minimum absolute atomic E-state index is 0.00113. The zero-order chi connectivity index (χ0) is 20.8. The summed E-state index contributed by atoms with van der Waals surface area (Å²) in [6.45, 7) is 2.07. The van der Waals surface area contributed by atoms with Crippen LogP contribution < -0.4 is 10.1 Å². The average Bonchev–Trinajstić information content (AvgIpc) is 2.71. The van der Waals surface area contributed by atoms with Gasteiger partial charge in [-0.15, -0.1) is 0 Å². The summed E-state index contributed by atoms with van der Waals surface area (Å²) >= 11 is 3.51. The second-order valence-corrected chi connectivity index (χ2v) is 10.2. The van der Waals surface area contributed by atoms with Gasteiger partial charge in [0.05, 0.1) is 11.5 Å². The lowest BCUT2D eigenvalue weighted by Crippen LogP contribution is -2.54. The first-order valence-corrected chi connectivity index (χ1v) is 11.8. The molecule has 0 bridgehead atoms. The van der Waals surface area contributed by atoms with Gasteiger partial charge < -0.3 is 15.0 Å². The van der Waals surface area contributed by atoms with E-state index in [4.69, 9.17) is 4.74 Å². The van der Waals surface area contributed by atoms with E-state index in [1.165, 1.54) is 0 Å². The van der Waals surface area contributed by atoms with E-state index in [2.05, 4.69) is 57.5 Å². The first-order chi connectivity index (χ1) is 14.5. The molecule has 2 fully saturated rings. The van der Waals surface area contributed by atoms with Crippen LogP contribution in [0.15, 0.2) is 53.0 Å². The quantitative estimate of drug-likeness (QED) is 0.690. The van der Waals surface area contributed by atoms with Crippen LogP contribution in [0.25, 0.3) is 0 Å². The summed E-state index contributed by atoms with van der Waals surface area (Å²) in [6, 6.07) is 16.5. The van der Waals surface area contributed by atoms with Crippen molar-refractivity contribution in [2.75, 3.05) is 20.1 Å². The van der Waals surface area contributed by atoms with E-state index >= 15 is 0 Å². The van der Waals surface area contributed by atoms with E-state index < -0.39 is 5.41 Å². The Hall–Kier alpha value is -1.85. The van der Waals surface area contributed by atoms with Gasteiger partial charge in [0, 0.05) is 29.5 Å². The van der Waals surface area contributed by atoms with E-state index in [0.717, 1.165) is 73.0 Å². The van der Waals surface area contributed by atoms with Crippen molar-refractivity contribution in [1.29, 1.82) is 0 Å². The SMILES string of the molecule is CN1CCC2(CC1)CC(NC(=O)C1(c3ccc(Br)cc3)CCC1)c1ccccc1O2. The topological polar surface area (TPSA) is 41.6 Å². The minimum Gasteiger partial charge on any atom is -0.487 e. The Bertz CT molecular complexity index is 930. The third-order valence-corrected chi connectivity index (χ3v) is 7.97. The lowest BCUT2D eigenvalue weighted by Gasteiger charge is -2.48. The number of hydrogen-bond donors (Lipinski definition) is 1. The van der Waals surface area contributed by atoms with E-state index in [1.54, 1.807) is 0 Å². The van der Waals surface area contributed by atoms with Gasteiger partial charge in [0.25, 0.3) is 0 Å². The van der Waals surface area contributed by atoms with Gasteiger partial charge in [-0.2, -0.15) is 0 Å². The van der Waals surface area contributed by atoms with E-state index in [9.17, 15) is 4.79 Å². The van der Waals surface area contributed by atoms with Crippen molar-refractivity contribution in [1.82, 2.24) is 10.2 Å². The van der Waals surface area contributed by atoms with Crippen LogP contribution in [0.4, 0.5) is 0 Å². The Balaban J connectivity index is 1.42. The van der Waals surface area contributed by atoms with Crippen molar-refractivity contribution in [3.05, 3.63) is 64.1 Å². The molecule has 4 nitrogen and oxygen atoms in total. The highest BCUT2D eigenvalue weighted by atomic mass is 79.9. The van der Waals surface area contributed by atoms with Gasteiger partial charge in [0.15, 0.2) is 0 Å². The fourth-order valence-corrected chi connectivity index (χ4v) is 5.59. The first-order valence-electron chi connectivity index (χ1n) is 11.0. The molecule has 1 atom stereocenters. The van der Waals surface area contributed by atoms with Crippen LogP contribution in [0.2, 0.25) is 0 Å². The van der Waals surface area contributed by atoms with Crippen molar-refractivity contribution in [3.8, 4) is 5.75 Å². The molecule has 1 N–H and O–H groups in total. The van der Waals surface area contributed by atoms with E-state index in [0.29, 0.717) is 0 Å². The lowest BCUT2D eigenvalue weighted by atomic mass is 9.63. The fraction of sp³-hybridized carbons (Fsp3) is 0.480. The summed E-state index contributed by atoms with van der Waals surface area (Å²) in [5.41, 5.74) is 1.67.